The number of methoxy groups -OCH3 is 1. The molecule has 1 aliphatic rings. The van der Waals surface area contributed by atoms with E-state index in [0.29, 0.717) is 16.8 Å². The Morgan fingerprint density at radius 3 is 2.27 bits per heavy atom. The largest absolute Gasteiger partial charge is 0.493 e. The Kier molecular flexibility index (Phi) is 7.92. The molecular weight excluding hydrogens is 532 g/mol. The number of ether oxygens (including phenoxy) is 1. The molecule has 40 heavy (non-hydrogen) atoms. The molecular formula is C30H28N2O7S. The lowest BCUT2D eigenvalue weighted by molar-refractivity contribution is -0.122. The standard InChI is InChI=1S/C30H28N2O7S/c1-6-7-22-15-21(17-26(38-5)27(22)39-40(36,37)24-12-8-18(2)9-13-24)16-25-28(33)31-30(35)32(29(25)34)23-11-10-19(3)20(4)14-23/h6,8-17H,1,7H2,2-5H3,(H,31,33,35)/b25-16+. The summed E-state index contributed by atoms with van der Waals surface area (Å²) in [7, 11) is -2.86. The smallest absolute Gasteiger partial charge is 0.339 e. The van der Waals surface area contributed by atoms with Gasteiger partial charge in [-0.3, -0.25) is 14.9 Å². The van der Waals surface area contributed by atoms with Gasteiger partial charge in [0.25, 0.3) is 11.8 Å². The van der Waals surface area contributed by atoms with E-state index in [9.17, 15) is 22.8 Å². The first-order valence-corrected chi connectivity index (χ1v) is 13.7. The Morgan fingerprint density at radius 1 is 0.950 bits per heavy atom. The van der Waals surface area contributed by atoms with E-state index in [1.165, 1.54) is 31.4 Å². The molecule has 206 valence electrons. The highest BCUT2D eigenvalue weighted by atomic mass is 32.2. The third kappa shape index (κ3) is 5.67. The molecule has 0 saturated carbocycles. The van der Waals surface area contributed by atoms with E-state index in [1.807, 2.05) is 20.8 Å². The van der Waals surface area contributed by atoms with Crippen LogP contribution in [-0.2, 0) is 26.1 Å². The molecule has 3 aromatic rings. The molecule has 4 rings (SSSR count). The number of hydrogen-bond acceptors (Lipinski definition) is 7. The van der Waals surface area contributed by atoms with Crippen LogP contribution >= 0.6 is 0 Å². The van der Waals surface area contributed by atoms with Gasteiger partial charge in [-0.15, -0.1) is 6.58 Å². The summed E-state index contributed by atoms with van der Waals surface area (Å²) in [6.07, 6.45) is 3.06. The van der Waals surface area contributed by atoms with E-state index in [1.54, 1.807) is 42.5 Å². The number of anilines is 1. The maximum atomic E-state index is 13.4. The summed E-state index contributed by atoms with van der Waals surface area (Å²) in [6.45, 7) is 9.32. The van der Waals surface area contributed by atoms with Crippen LogP contribution in [0.25, 0.3) is 6.08 Å². The summed E-state index contributed by atoms with van der Waals surface area (Å²) in [5.41, 5.74) is 3.51. The zero-order valence-corrected chi connectivity index (χ0v) is 23.3. The monoisotopic (exact) mass is 560 g/mol. The van der Waals surface area contributed by atoms with Crippen LogP contribution in [0.5, 0.6) is 11.5 Å². The zero-order valence-electron chi connectivity index (χ0n) is 22.5. The Hall–Kier alpha value is -4.70. The fourth-order valence-electron chi connectivity index (χ4n) is 4.11. The van der Waals surface area contributed by atoms with Gasteiger partial charge in [-0.25, -0.2) is 9.69 Å². The van der Waals surface area contributed by atoms with Gasteiger partial charge in [0.15, 0.2) is 11.5 Å². The number of barbiturate groups is 1. The maximum absolute atomic E-state index is 13.4. The predicted molar refractivity (Wildman–Crippen MR) is 151 cm³/mol. The third-order valence-corrected chi connectivity index (χ3v) is 7.64. The minimum Gasteiger partial charge on any atom is -0.493 e. The molecule has 1 fully saturated rings. The molecule has 0 bridgehead atoms. The number of urea groups is 1. The Morgan fingerprint density at radius 2 is 1.65 bits per heavy atom. The van der Waals surface area contributed by atoms with Crippen LogP contribution in [0.15, 0.2) is 77.7 Å². The van der Waals surface area contributed by atoms with Gasteiger partial charge < -0.3 is 8.92 Å². The van der Waals surface area contributed by atoms with Gasteiger partial charge in [0.1, 0.15) is 10.5 Å². The molecule has 0 unspecified atom stereocenters. The number of nitrogens with zero attached hydrogens (tertiary/aromatic N) is 1. The van der Waals surface area contributed by atoms with E-state index in [4.69, 9.17) is 8.92 Å². The van der Waals surface area contributed by atoms with Crippen molar-refractivity contribution in [2.45, 2.75) is 32.1 Å². The van der Waals surface area contributed by atoms with Crippen LogP contribution in [0.4, 0.5) is 10.5 Å². The molecule has 4 amide bonds. The molecule has 10 heteroatoms. The fraction of sp³-hybridized carbons (Fsp3) is 0.167. The number of carbonyl (C=O) groups is 3. The second kappa shape index (κ2) is 11.2. The highest BCUT2D eigenvalue weighted by molar-refractivity contribution is 7.87. The first-order chi connectivity index (χ1) is 18.9. The number of amides is 4. The highest BCUT2D eigenvalue weighted by Crippen LogP contribution is 2.37. The van der Waals surface area contributed by atoms with Gasteiger partial charge in [-0.1, -0.05) is 29.8 Å². The second-order valence-electron chi connectivity index (χ2n) is 9.28. The first-order valence-electron chi connectivity index (χ1n) is 12.3. The third-order valence-electron chi connectivity index (χ3n) is 6.40. The second-order valence-corrected chi connectivity index (χ2v) is 10.8. The highest BCUT2D eigenvalue weighted by Gasteiger charge is 2.37. The van der Waals surface area contributed by atoms with Crippen LogP contribution in [0.3, 0.4) is 0 Å². The van der Waals surface area contributed by atoms with Crippen molar-refractivity contribution in [3.05, 3.63) is 101 Å². The average molecular weight is 561 g/mol. The van der Waals surface area contributed by atoms with Crippen LogP contribution in [0.1, 0.15) is 27.8 Å². The summed E-state index contributed by atoms with van der Waals surface area (Å²) in [4.78, 5) is 39.6. The maximum Gasteiger partial charge on any atom is 0.339 e. The van der Waals surface area contributed by atoms with Crippen molar-refractivity contribution in [1.29, 1.82) is 0 Å². The van der Waals surface area contributed by atoms with Crippen LogP contribution in [-0.4, -0.2) is 33.4 Å². The number of benzene rings is 3. The average Bonchev–Trinajstić information content (AvgIpc) is 2.90. The van der Waals surface area contributed by atoms with Crippen LogP contribution in [0, 0.1) is 20.8 Å². The van der Waals surface area contributed by atoms with Gasteiger partial charge in [0.2, 0.25) is 0 Å². The minimum atomic E-state index is -4.20. The van der Waals surface area contributed by atoms with E-state index in [-0.39, 0.29) is 28.4 Å². The van der Waals surface area contributed by atoms with E-state index < -0.39 is 28.0 Å². The van der Waals surface area contributed by atoms with Crippen molar-refractivity contribution in [2.75, 3.05) is 12.0 Å². The molecule has 0 atom stereocenters. The fourth-order valence-corrected chi connectivity index (χ4v) is 5.08. The Labute approximate surface area is 232 Å². The molecule has 9 nitrogen and oxygen atoms in total. The minimum absolute atomic E-state index is 0.0310. The number of rotatable bonds is 8. The number of nitrogens with one attached hydrogen (secondary N) is 1. The van der Waals surface area contributed by atoms with Crippen molar-refractivity contribution in [3.63, 3.8) is 0 Å². The Bertz CT molecular complexity index is 1670. The summed E-state index contributed by atoms with van der Waals surface area (Å²) >= 11 is 0. The lowest BCUT2D eigenvalue weighted by Crippen LogP contribution is -2.54. The van der Waals surface area contributed by atoms with Gasteiger partial charge in [0, 0.05) is 5.56 Å². The molecule has 3 aromatic carbocycles. The molecule has 1 heterocycles. The number of imide groups is 2. The normalized spacial score (nSPS) is 14.8. The van der Waals surface area contributed by atoms with Crippen LogP contribution < -0.4 is 19.1 Å². The van der Waals surface area contributed by atoms with Crippen molar-refractivity contribution in [1.82, 2.24) is 5.32 Å². The summed E-state index contributed by atoms with van der Waals surface area (Å²) in [6, 6.07) is 13.4. The first kappa shape index (κ1) is 28.3. The van der Waals surface area contributed by atoms with E-state index >= 15 is 0 Å². The number of carbonyl (C=O) groups excluding carboxylic acids is 3. The quantitative estimate of drug-likeness (QED) is 0.182. The van der Waals surface area contributed by atoms with Crippen molar-refractivity contribution >= 4 is 39.7 Å². The zero-order chi connectivity index (χ0) is 29.2. The Balaban J connectivity index is 1.76. The summed E-state index contributed by atoms with van der Waals surface area (Å²) in [5.74, 6) is -1.64. The molecule has 1 N–H and O–H groups in total. The molecule has 1 aliphatic heterocycles. The van der Waals surface area contributed by atoms with Gasteiger partial charge >= 0.3 is 16.1 Å². The predicted octanol–water partition coefficient (Wildman–Crippen LogP) is 4.78. The van der Waals surface area contributed by atoms with E-state index in [0.717, 1.165) is 21.6 Å². The number of aryl methyl sites for hydroxylation is 3. The SMILES string of the molecule is C=CCc1cc(/C=C2\C(=O)NC(=O)N(c3ccc(C)c(C)c3)C2=O)cc(OC)c1OS(=O)(=O)c1ccc(C)cc1. The summed E-state index contributed by atoms with van der Waals surface area (Å²) < 4.78 is 37.0. The van der Waals surface area contributed by atoms with Gasteiger partial charge in [-0.2, -0.15) is 8.42 Å². The molecule has 0 aliphatic carbocycles. The number of hydrogen-bond donors (Lipinski definition) is 1. The van der Waals surface area contributed by atoms with Crippen molar-refractivity contribution in [2.24, 2.45) is 0 Å². The van der Waals surface area contributed by atoms with Crippen LogP contribution in [0.2, 0.25) is 0 Å². The number of allylic oxidation sites excluding steroid dienone is 1. The molecule has 0 aromatic heterocycles. The molecule has 0 spiro atoms. The lowest BCUT2D eigenvalue weighted by Gasteiger charge is -2.27. The van der Waals surface area contributed by atoms with Gasteiger partial charge in [-0.05, 0) is 86.4 Å². The van der Waals surface area contributed by atoms with Gasteiger partial charge in [0.05, 0.1) is 12.8 Å². The topological polar surface area (TPSA) is 119 Å². The molecule has 1 saturated heterocycles. The molecule has 0 radical (unpaired) electrons. The van der Waals surface area contributed by atoms with Crippen molar-refractivity contribution in [3.8, 4) is 11.5 Å². The van der Waals surface area contributed by atoms with E-state index in [2.05, 4.69) is 11.9 Å². The van der Waals surface area contributed by atoms with Crippen molar-refractivity contribution < 1.29 is 31.7 Å². The lowest BCUT2D eigenvalue weighted by atomic mass is 10.0. The summed E-state index contributed by atoms with van der Waals surface area (Å²) in [5, 5.41) is 2.20.